The molecule has 0 heteroatoms. The van der Waals surface area contributed by atoms with Gasteiger partial charge in [0, 0.05) is 0 Å². The number of fused-ring (bicyclic) bond motifs is 1. The van der Waals surface area contributed by atoms with Crippen LogP contribution in [0.15, 0.2) is 24.3 Å². The van der Waals surface area contributed by atoms with Gasteiger partial charge in [0.15, 0.2) is 0 Å². The fourth-order valence-corrected chi connectivity index (χ4v) is 2.28. The van der Waals surface area contributed by atoms with E-state index >= 15 is 0 Å². The van der Waals surface area contributed by atoms with E-state index < -0.39 is 0 Å². The normalized spacial score (nSPS) is 18.8. The van der Waals surface area contributed by atoms with E-state index in [-0.39, 0.29) is 0 Å². The van der Waals surface area contributed by atoms with Crippen LogP contribution in [0.4, 0.5) is 0 Å². The largest absolute Gasteiger partial charge is 0.0838 e. The second kappa shape index (κ2) is 3.37. The van der Waals surface area contributed by atoms with Gasteiger partial charge in [0.25, 0.3) is 0 Å². The lowest BCUT2D eigenvalue weighted by molar-refractivity contribution is 0.818. The summed E-state index contributed by atoms with van der Waals surface area (Å²) in [5, 5.41) is 0. The third-order valence-electron chi connectivity index (χ3n) is 2.92. The lowest BCUT2D eigenvalue weighted by Gasteiger charge is -2.20. The molecule has 0 nitrogen and oxygen atoms in total. The molecule has 68 valence electrons. The van der Waals surface area contributed by atoms with E-state index in [0.717, 1.165) is 0 Å². The van der Waals surface area contributed by atoms with Crippen molar-refractivity contribution >= 4 is 5.57 Å². The summed E-state index contributed by atoms with van der Waals surface area (Å²) in [6, 6.07) is 6.66. The first-order valence-electron chi connectivity index (χ1n) is 5.07. The standard InChI is InChI=1S/C13H16/c1-3-11-7-5-9-12-8-4-6-10(2)13(11)12/h3-4,6,8H,5,7,9H2,1-2H3/b11-3-. The van der Waals surface area contributed by atoms with E-state index in [9.17, 15) is 0 Å². The quantitative estimate of drug-likeness (QED) is 0.559. The van der Waals surface area contributed by atoms with Gasteiger partial charge < -0.3 is 0 Å². The van der Waals surface area contributed by atoms with E-state index in [4.69, 9.17) is 0 Å². The third kappa shape index (κ3) is 1.41. The van der Waals surface area contributed by atoms with E-state index in [1.807, 2.05) is 0 Å². The molecule has 1 aromatic rings. The number of hydrogen-bond donors (Lipinski definition) is 0. The lowest BCUT2D eigenvalue weighted by atomic mass is 9.85. The zero-order chi connectivity index (χ0) is 9.26. The van der Waals surface area contributed by atoms with Crippen LogP contribution in [-0.2, 0) is 6.42 Å². The number of benzene rings is 1. The first-order valence-corrected chi connectivity index (χ1v) is 5.07. The van der Waals surface area contributed by atoms with Gasteiger partial charge in [0.1, 0.15) is 0 Å². The van der Waals surface area contributed by atoms with Gasteiger partial charge in [-0.1, -0.05) is 24.3 Å². The Labute approximate surface area is 80.3 Å². The first-order chi connectivity index (χ1) is 6.33. The Morgan fingerprint density at radius 3 is 2.85 bits per heavy atom. The van der Waals surface area contributed by atoms with Gasteiger partial charge >= 0.3 is 0 Å². The number of allylic oxidation sites excluding steroid dienone is 2. The molecular formula is C13H16. The summed E-state index contributed by atoms with van der Waals surface area (Å²) >= 11 is 0. The van der Waals surface area contributed by atoms with E-state index in [2.05, 4.69) is 38.1 Å². The molecule has 0 atom stereocenters. The summed E-state index contributed by atoms with van der Waals surface area (Å²) in [5.74, 6) is 0. The molecule has 1 aliphatic carbocycles. The SMILES string of the molecule is C/C=C1/CCCc2cccc(C)c21. The smallest absolute Gasteiger partial charge is 0.0166 e. The predicted molar refractivity (Wildman–Crippen MR) is 57.8 cm³/mol. The van der Waals surface area contributed by atoms with Gasteiger partial charge in [0.05, 0.1) is 0 Å². The van der Waals surface area contributed by atoms with Crippen molar-refractivity contribution in [3.8, 4) is 0 Å². The Balaban J connectivity index is 2.60. The zero-order valence-corrected chi connectivity index (χ0v) is 8.43. The van der Waals surface area contributed by atoms with E-state index in [1.54, 1.807) is 11.1 Å². The second-order valence-electron chi connectivity index (χ2n) is 3.78. The van der Waals surface area contributed by atoms with Crippen LogP contribution in [0.2, 0.25) is 0 Å². The maximum Gasteiger partial charge on any atom is -0.0166 e. The van der Waals surface area contributed by atoms with Crippen molar-refractivity contribution in [3.63, 3.8) is 0 Å². The molecule has 0 spiro atoms. The molecule has 0 aliphatic heterocycles. The van der Waals surface area contributed by atoms with Crippen LogP contribution in [0.1, 0.15) is 36.5 Å². The van der Waals surface area contributed by atoms with Gasteiger partial charge in [-0.25, -0.2) is 0 Å². The van der Waals surface area contributed by atoms with Crippen LogP contribution in [0.3, 0.4) is 0 Å². The van der Waals surface area contributed by atoms with Gasteiger partial charge in [-0.2, -0.15) is 0 Å². The van der Waals surface area contributed by atoms with Crippen molar-refractivity contribution in [1.29, 1.82) is 0 Å². The molecule has 0 N–H and O–H groups in total. The summed E-state index contributed by atoms with van der Waals surface area (Å²) in [5.41, 5.74) is 6.04. The highest BCUT2D eigenvalue weighted by Crippen LogP contribution is 2.32. The van der Waals surface area contributed by atoms with Crippen LogP contribution < -0.4 is 0 Å². The molecule has 0 unspecified atom stereocenters. The summed E-state index contributed by atoms with van der Waals surface area (Å²) in [7, 11) is 0. The van der Waals surface area contributed by atoms with E-state index in [1.165, 1.54) is 30.4 Å². The number of rotatable bonds is 0. The fraction of sp³-hybridized carbons (Fsp3) is 0.385. The average Bonchev–Trinajstić information content (AvgIpc) is 2.17. The summed E-state index contributed by atoms with van der Waals surface area (Å²) in [6.45, 7) is 4.37. The first kappa shape index (κ1) is 8.55. The molecule has 0 amide bonds. The molecule has 0 saturated heterocycles. The highest BCUT2D eigenvalue weighted by molar-refractivity contribution is 5.72. The van der Waals surface area contributed by atoms with Crippen LogP contribution >= 0.6 is 0 Å². The molecule has 0 bridgehead atoms. The monoisotopic (exact) mass is 172 g/mol. The topological polar surface area (TPSA) is 0 Å². The number of aryl methyl sites for hydroxylation is 2. The van der Waals surface area contributed by atoms with E-state index in [0.29, 0.717) is 0 Å². The molecule has 0 aromatic heterocycles. The van der Waals surface area contributed by atoms with Gasteiger partial charge in [0.2, 0.25) is 0 Å². The van der Waals surface area contributed by atoms with Crippen molar-refractivity contribution in [2.24, 2.45) is 0 Å². The number of hydrogen-bond acceptors (Lipinski definition) is 0. The van der Waals surface area contributed by atoms with Gasteiger partial charge in [-0.3, -0.25) is 0 Å². The molecular weight excluding hydrogens is 156 g/mol. The lowest BCUT2D eigenvalue weighted by Crippen LogP contribution is -2.03. The molecule has 13 heavy (non-hydrogen) atoms. The van der Waals surface area contributed by atoms with Crippen molar-refractivity contribution in [2.45, 2.75) is 33.1 Å². The Morgan fingerprint density at radius 2 is 2.08 bits per heavy atom. The second-order valence-corrected chi connectivity index (χ2v) is 3.78. The van der Waals surface area contributed by atoms with Crippen molar-refractivity contribution < 1.29 is 0 Å². The molecule has 0 heterocycles. The maximum atomic E-state index is 2.27. The molecule has 0 saturated carbocycles. The molecule has 2 rings (SSSR count). The fourth-order valence-electron chi connectivity index (χ4n) is 2.28. The van der Waals surface area contributed by atoms with Gasteiger partial charge in [-0.15, -0.1) is 0 Å². The zero-order valence-electron chi connectivity index (χ0n) is 8.43. The van der Waals surface area contributed by atoms with Gasteiger partial charge in [-0.05, 0) is 55.4 Å². The van der Waals surface area contributed by atoms with Crippen molar-refractivity contribution in [3.05, 3.63) is 41.0 Å². The summed E-state index contributed by atoms with van der Waals surface area (Å²) < 4.78 is 0. The third-order valence-corrected chi connectivity index (χ3v) is 2.92. The Bertz CT molecular complexity index is 345. The minimum atomic E-state index is 1.26. The van der Waals surface area contributed by atoms with Crippen LogP contribution in [0.5, 0.6) is 0 Å². The molecule has 0 fully saturated rings. The Morgan fingerprint density at radius 1 is 1.23 bits per heavy atom. The van der Waals surface area contributed by atoms with Crippen LogP contribution in [0.25, 0.3) is 5.57 Å². The minimum absolute atomic E-state index is 1.26. The molecule has 1 aromatic carbocycles. The van der Waals surface area contributed by atoms with Crippen LogP contribution in [0, 0.1) is 6.92 Å². The Kier molecular flexibility index (Phi) is 2.22. The minimum Gasteiger partial charge on any atom is -0.0838 e. The summed E-state index contributed by atoms with van der Waals surface area (Å²) in [4.78, 5) is 0. The van der Waals surface area contributed by atoms with Crippen molar-refractivity contribution in [1.82, 2.24) is 0 Å². The maximum absolute atomic E-state index is 2.27. The molecule has 0 radical (unpaired) electrons. The van der Waals surface area contributed by atoms with Crippen LogP contribution in [-0.4, -0.2) is 0 Å². The molecule has 1 aliphatic rings. The Hall–Kier alpha value is -1.04. The average molecular weight is 172 g/mol. The highest BCUT2D eigenvalue weighted by atomic mass is 14.2. The highest BCUT2D eigenvalue weighted by Gasteiger charge is 2.14. The van der Waals surface area contributed by atoms with Crippen molar-refractivity contribution in [2.75, 3.05) is 0 Å². The predicted octanol–water partition coefficient (Wildman–Crippen LogP) is 3.73. The summed E-state index contributed by atoms with van der Waals surface area (Å²) in [6.07, 6.45) is 6.10.